The van der Waals surface area contributed by atoms with Crippen molar-refractivity contribution < 1.29 is 13.9 Å². The van der Waals surface area contributed by atoms with Gasteiger partial charge in [0.25, 0.3) is 0 Å². The van der Waals surface area contributed by atoms with Crippen molar-refractivity contribution in [3.05, 3.63) is 76.4 Å². The second-order valence-electron chi connectivity index (χ2n) is 8.46. The van der Waals surface area contributed by atoms with E-state index >= 15 is 0 Å². The summed E-state index contributed by atoms with van der Waals surface area (Å²) < 4.78 is 18.8. The number of carbonyl (C=O) groups excluding carboxylic acids is 1. The zero-order chi connectivity index (χ0) is 20.7. The minimum Gasteiger partial charge on any atom is -0.488 e. The van der Waals surface area contributed by atoms with Crippen LogP contribution in [0.2, 0.25) is 0 Å². The van der Waals surface area contributed by atoms with Gasteiger partial charge in [0.1, 0.15) is 18.2 Å². The van der Waals surface area contributed by atoms with E-state index in [1.54, 1.807) is 23.5 Å². The van der Waals surface area contributed by atoms with Crippen LogP contribution >= 0.6 is 11.3 Å². The van der Waals surface area contributed by atoms with Gasteiger partial charge in [0.15, 0.2) is 0 Å². The summed E-state index contributed by atoms with van der Waals surface area (Å²) in [7, 11) is 0. The SMILES string of the molecule is CC12CCC(=O)NC1CCc1cc(-c3ccc(COc4ccc(F)cc4)s3)ccc12. The predicted octanol–water partition coefficient (Wildman–Crippen LogP) is 5.62. The number of hydrogen-bond acceptors (Lipinski definition) is 3. The first-order chi connectivity index (χ1) is 14.5. The number of amides is 1. The number of rotatable bonds is 4. The van der Waals surface area contributed by atoms with Gasteiger partial charge >= 0.3 is 0 Å². The molecule has 1 fully saturated rings. The van der Waals surface area contributed by atoms with Crippen molar-refractivity contribution in [2.45, 2.75) is 50.7 Å². The Kier molecular flexibility index (Phi) is 4.86. The fourth-order valence-electron chi connectivity index (χ4n) is 4.79. The molecule has 1 aliphatic heterocycles. The summed E-state index contributed by atoms with van der Waals surface area (Å²) in [4.78, 5) is 14.2. The smallest absolute Gasteiger partial charge is 0.220 e. The van der Waals surface area contributed by atoms with E-state index in [0.29, 0.717) is 18.8 Å². The molecular weight excluding hydrogens is 397 g/mol. The molecule has 3 nitrogen and oxygen atoms in total. The molecule has 1 N–H and O–H groups in total. The van der Waals surface area contributed by atoms with E-state index < -0.39 is 0 Å². The van der Waals surface area contributed by atoms with Crippen molar-refractivity contribution in [3.63, 3.8) is 0 Å². The van der Waals surface area contributed by atoms with E-state index in [2.05, 4.69) is 42.6 Å². The first-order valence-corrected chi connectivity index (χ1v) is 11.2. The van der Waals surface area contributed by atoms with Crippen LogP contribution in [0.3, 0.4) is 0 Å². The van der Waals surface area contributed by atoms with Crippen LogP contribution in [0.15, 0.2) is 54.6 Å². The standard InChI is InChI=1S/C25H24FNO2S/c1-25-13-12-24(28)27-23(25)11-3-16-14-17(2-9-21(16)25)22-10-8-20(30-22)15-29-19-6-4-18(26)5-7-19/h2,4-10,14,23H,3,11-13,15H2,1H3,(H,27,28). The van der Waals surface area contributed by atoms with Crippen LogP contribution < -0.4 is 10.1 Å². The highest BCUT2D eigenvalue weighted by molar-refractivity contribution is 7.15. The minimum absolute atomic E-state index is 0.0314. The van der Waals surface area contributed by atoms with Gasteiger partial charge in [0, 0.05) is 27.6 Å². The number of ether oxygens (including phenoxy) is 1. The molecule has 5 heteroatoms. The van der Waals surface area contributed by atoms with Crippen LogP contribution in [0.1, 0.15) is 42.2 Å². The Hall–Kier alpha value is -2.66. The van der Waals surface area contributed by atoms with Crippen LogP contribution in [0, 0.1) is 5.82 Å². The maximum Gasteiger partial charge on any atom is 0.220 e. The third-order valence-corrected chi connectivity index (χ3v) is 7.65. The molecule has 5 rings (SSSR count). The molecule has 1 aliphatic carbocycles. The molecule has 1 amide bonds. The van der Waals surface area contributed by atoms with Crippen LogP contribution in [-0.4, -0.2) is 11.9 Å². The predicted molar refractivity (Wildman–Crippen MR) is 117 cm³/mol. The number of aryl methyl sites for hydroxylation is 1. The van der Waals surface area contributed by atoms with Crippen molar-refractivity contribution in [2.75, 3.05) is 0 Å². The lowest BCUT2D eigenvalue weighted by atomic mass is 9.64. The van der Waals surface area contributed by atoms with E-state index in [1.165, 1.54) is 33.7 Å². The van der Waals surface area contributed by atoms with Gasteiger partial charge in [-0.25, -0.2) is 4.39 Å². The van der Waals surface area contributed by atoms with Gasteiger partial charge in [-0.2, -0.15) is 0 Å². The van der Waals surface area contributed by atoms with E-state index in [-0.39, 0.29) is 23.2 Å². The van der Waals surface area contributed by atoms with Crippen LogP contribution in [0.5, 0.6) is 5.75 Å². The fraction of sp³-hybridized carbons (Fsp3) is 0.320. The van der Waals surface area contributed by atoms with Crippen LogP contribution in [0.4, 0.5) is 4.39 Å². The van der Waals surface area contributed by atoms with Gasteiger partial charge in [0.2, 0.25) is 5.91 Å². The number of halogens is 1. The lowest BCUT2D eigenvalue weighted by Gasteiger charge is -2.46. The highest BCUT2D eigenvalue weighted by Crippen LogP contribution is 2.44. The molecule has 1 saturated heterocycles. The fourth-order valence-corrected chi connectivity index (χ4v) is 5.71. The van der Waals surface area contributed by atoms with E-state index in [9.17, 15) is 9.18 Å². The Balaban J connectivity index is 1.34. The summed E-state index contributed by atoms with van der Waals surface area (Å²) in [5.74, 6) is 0.595. The first-order valence-electron chi connectivity index (χ1n) is 10.4. The third-order valence-electron chi connectivity index (χ3n) is 6.54. The highest BCUT2D eigenvalue weighted by Gasteiger charge is 2.43. The second kappa shape index (κ2) is 7.55. The average molecular weight is 422 g/mol. The number of carbonyl (C=O) groups is 1. The van der Waals surface area contributed by atoms with Gasteiger partial charge in [-0.3, -0.25) is 4.79 Å². The molecule has 0 bridgehead atoms. The normalized spacial score (nSPS) is 22.7. The summed E-state index contributed by atoms with van der Waals surface area (Å²) in [6, 6.07) is 17.4. The summed E-state index contributed by atoms with van der Waals surface area (Å²) in [6.45, 7) is 2.77. The van der Waals surface area contributed by atoms with E-state index in [0.717, 1.165) is 24.1 Å². The second-order valence-corrected chi connectivity index (χ2v) is 9.63. The zero-order valence-electron chi connectivity index (χ0n) is 16.9. The minimum atomic E-state index is -0.260. The summed E-state index contributed by atoms with van der Waals surface area (Å²) in [6.07, 6.45) is 3.52. The molecule has 3 aromatic rings. The lowest BCUT2D eigenvalue weighted by Crippen LogP contribution is -2.55. The van der Waals surface area contributed by atoms with Crippen LogP contribution in [0.25, 0.3) is 10.4 Å². The van der Waals surface area contributed by atoms with Gasteiger partial charge < -0.3 is 10.1 Å². The van der Waals surface area contributed by atoms with Crippen molar-refractivity contribution in [1.29, 1.82) is 0 Å². The Bertz CT molecular complexity index is 1090. The monoisotopic (exact) mass is 421 g/mol. The maximum absolute atomic E-state index is 13.0. The number of fused-ring (bicyclic) bond motifs is 3. The Morgan fingerprint density at radius 2 is 1.97 bits per heavy atom. The van der Waals surface area contributed by atoms with Crippen molar-refractivity contribution >= 4 is 17.2 Å². The van der Waals surface area contributed by atoms with Gasteiger partial charge in [-0.05, 0) is 72.4 Å². The molecule has 30 heavy (non-hydrogen) atoms. The number of thiophene rings is 1. The Morgan fingerprint density at radius 1 is 1.13 bits per heavy atom. The third kappa shape index (κ3) is 3.52. The van der Waals surface area contributed by atoms with Crippen molar-refractivity contribution in [3.8, 4) is 16.2 Å². The van der Waals surface area contributed by atoms with Gasteiger partial charge in [-0.15, -0.1) is 11.3 Å². The molecular formula is C25H24FNO2S. The van der Waals surface area contributed by atoms with Crippen LogP contribution in [-0.2, 0) is 23.2 Å². The molecule has 0 spiro atoms. The maximum atomic E-state index is 13.0. The zero-order valence-corrected chi connectivity index (χ0v) is 17.7. The molecule has 2 aliphatic rings. The summed E-state index contributed by atoms with van der Waals surface area (Å²) in [5, 5.41) is 3.21. The molecule has 154 valence electrons. The largest absolute Gasteiger partial charge is 0.488 e. The van der Waals surface area contributed by atoms with Gasteiger partial charge in [0.05, 0.1) is 0 Å². The number of piperidine rings is 1. The molecule has 0 saturated carbocycles. The van der Waals surface area contributed by atoms with Gasteiger partial charge in [-0.1, -0.05) is 25.1 Å². The molecule has 0 radical (unpaired) electrons. The number of hydrogen-bond donors (Lipinski definition) is 1. The van der Waals surface area contributed by atoms with E-state index in [4.69, 9.17) is 4.74 Å². The lowest BCUT2D eigenvalue weighted by molar-refractivity contribution is -0.125. The topological polar surface area (TPSA) is 38.3 Å². The quantitative estimate of drug-likeness (QED) is 0.594. The summed E-state index contributed by atoms with van der Waals surface area (Å²) >= 11 is 1.73. The highest BCUT2D eigenvalue weighted by atomic mass is 32.1. The number of nitrogens with one attached hydrogen (secondary N) is 1. The summed E-state index contributed by atoms with van der Waals surface area (Å²) in [5.41, 5.74) is 4.05. The Labute approximate surface area is 179 Å². The molecule has 1 aromatic heterocycles. The van der Waals surface area contributed by atoms with Crippen molar-refractivity contribution in [2.24, 2.45) is 0 Å². The molecule has 2 unspecified atom stereocenters. The molecule has 2 atom stereocenters. The Morgan fingerprint density at radius 3 is 2.80 bits per heavy atom. The average Bonchev–Trinajstić information content (AvgIpc) is 3.23. The van der Waals surface area contributed by atoms with E-state index in [1.807, 2.05) is 0 Å². The van der Waals surface area contributed by atoms with Crippen molar-refractivity contribution in [1.82, 2.24) is 5.32 Å². The molecule has 2 heterocycles. The first kappa shape index (κ1) is 19.3. The molecule has 2 aromatic carbocycles. The number of benzene rings is 2.